The molecule has 3 aliphatic rings. The summed E-state index contributed by atoms with van der Waals surface area (Å²) in [4.78, 5) is 10.2. The average Bonchev–Trinajstić information content (AvgIpc) is 2.50. The number of aromatic carboxylic acids is 1. The SMILES string of the molecule is CC1(C)[C@H]2C[C@@H](CCO)[C@H](N)[C@@H]1C2.O=C(O)c1ccccc1. The number of hydrogen-bond acceptors (Lipinski definition) is 3. The Labute approximate surface area is 132 Å². The Morgan fingerprint density at radius 1 is 1.27 bits per heavy atom. The second-order valence-electron chi connectivity index (χ2n) is 7.12. The number of hydrogen-bond donors (Lipinski definition) is 3. The van der Waals surface area contributed by atoms with Crippen LogP contribution in [0.3, 0.4) is 0 Å². The molecule has 0 radical (unpaired) electrons. The van der Waals surface area contributed by atoms with Gasteiger partial charge < -0.3 is 15.9 Å². The molecule has 4 nitrogen and oxygen atoms in total. The molecule has 22 heavy (non-hydrogen) atoms. The second kappa shape index (κ2) is 6.80. The van der Waals surface area contributed by atoms with Gasteiger partial charge in [-0.3, -0.25) is 0 Å². The number of carboxylic acid groups (broad SMARTS) is 1. The smallest absolute Gasteiger partial charge is 0.335 e. The molecule has 3 aliphatic carbocycles. The quantitative estimate of drug-likeness (QED) is 0.802. The third-order valence-corrected chi connectivity index (χ3v) is 5.66. The summed E-state index contributed by atoms with van der Waals surface area (Å²) < 4.78 is 0. The molecule has 122 valence electrons. The first-order valence-corrected chi connectivity index (χ1v) is 8.02. The molecule has 4 rings (SSSR count). The summed E-state index contributed by atoms with van der Waals surface area (Å²) in [7, 11) is 0. The van der Waals surface area contributed by atoms with Crippen LogP contribution in [0, 0.1) is 23.2 Å². The van der Waals surface area contributed by atoms with Crippen molar-refractivity contribution >= 4 is 5.97 Å². The molecular weight excluding hydrogens is 278 g/mol. The molecule has 0 spiro atoms. The van der Waals surface area contributed by atoms with Gasteiger partial charge in [-0.25, -0.2) is 4.79 Å². The van der Waals surface area contributed by atoms with E-state index in [0.29, 0.717) is 35.5 Å². The van der Waals surface area contributed by atoms with Gasteiger partial charge in [0.1, 0.15) is 0 Å². The van der Waals surface area contributed by atoms with Gasteiger partial charge in [0, 0.05) is 12.6 Å². The number of aliphatic hydroxyl groups excluding tert-OH is 1. The molecule has 1 aromatic rings. The summed E-state index contributed by atoms with van der Waals surface area (Å²) in [6, 6.07) is 8.64. The fourth-order valence-corrected chi connectivity index (χ4v) is 4.02. The highest BCUT2D eigenvalue weighted by Gasteiger charge is 2.56. The summed E-state index contributed by atoms with van der Waals surface area (Å²) in [6.07, 6.45) is 3.48. The van der Waals surface area contributed by atoms with E-state index in [4.69, 9.17) is 15.9 Å². The van der Waals surface area contributed by atoms with Gasteiger partial charge in [-0.05, 0) is 54.6 Å². The van der Waals surface area contributed by atoms with Gasteiger partial charge in [0.15, 0.2) is 0 Å². The van der Waals surface area contributed by atoms with E-state index in [1.165, 1.54) is 12.8 Å². The molecule has 4 atom stereocenters. The highest BCUT2D eigenvalue weighted by molar-refractivity contribution is 5.87. The summed E-state index contributed by atoms with van der Waals surface area (Å²) in [6.45, 7) is 5.00. The molecule has 0 aromatic heterocycles. The fraction of sp³-hybridized carbons (Fsp3) is 0.611. The lowest BCUT2D eigenvalue weighted by Crippen LogP contribution is -2.61. The lowest BCUT2D eigenvalue weighted by atomic mass is 9.45. The zero-order chi connectivity index (χ0) is 16.3. The lowest BCUT2D eigenvalue weighted by Gasteiger charge is -2.61. The van der Waals surface area contributed by atoms with Crippen molar-refractivity contribution in [1.29, 1.82) is 0 Å². The lowest BCUT2D eigenvalue weighted by molar-refractivity contribution is -0.107. The van der Waals surface area contributed by atoms with Crippen LogP contribution in [-0.2, 0) is 0 Å². The van der Waals surface area contributed by atoms with Crippen molar-refractivity contribution in [2.24, 2.45) is 28.9 Å². The van der Waals surface area contributed by atoms with E-state index in [1.807, 2.05) is 0 Å². The molecule has 0 aliphatic heterocycles. The van der Waals surface area contributed by atoms with Gasteiger partial charge in [-0.2, -0.15) is 0 Å². The molecule has 1 aromatic carbocycles. The van der Waals surface area contributed by atoms with Crippen LogP contribution >= 0.6 is 0 Å². The molecule has 0 unspecified atom stereocenters. The Morgan fingerprint density at radius 3 is 2.32 bits per heavy atom. The zero-order valence-corrected chi connectivity index (χ0v) is 13.4. The van der Waals surface area contributed by atoms with Crippen molar-refractivity contribution in [1.82, 2.24) is 0 Å². The third-order valence-electron chi connectivity index (χ3n) is 5.66. The molecule has 0 amide bonds. The van der Waals surface area contributed by atoms with E-state index in [-0.39, 0.29) is 0 Å². The molecule has 0 saturated heterocycles. The van der Waals surface area contributed by atoms with Crippen LogP contribution in [-0.4, -0.2) is 28.8 Å². The monoisotopic (exact) mass is 305 g/mol. The normalized spacial score (nSPS) is 31.5. The largest absolute Gasteiger partial charge is 0.478 e. The fourth-order valence-electron chi connectivity index (χ4n) is 4.02. The minimum atomic E-state index is -0.879. The summed E-state index contributed by atoms with van der Waals surface area (Å²) in [5.41, 5.74) is 7.02. The number of rotatable bonds is 3. The van der Waals surface area contributed by atoms with Gasteiger partial charge in [0.2, 0.25) is 0 Å². The average molecular weight is 305 g/mol. The van der Waals surface area contributed by atoms with Crippen LogP contribution in [0.25, 0.3) is 0 Å². The Hall–Kier alpha value is -1.39. The van der Waals surface area contributed by atoms with Crippen molar-refractivity contribution in [3.63, 3.8) is 0 Å². The Bertz CT molecular complexity index is 500. The van der Waals surface area contributed by atoms with Crippen molar-refractivity contribution in [3.8, 4) is 0 Å². The Morgan fingerprint density at radius 2 is 1.91 bits per heavy atom. The van der Waals surface area contributed by atoms with Crippen LogP contribution in [0.15, 0.2) is 30.3 Å². The Balaban J connectivity index is 0.000000172. The van der Waals surface area contributed by atoms with Gasteiger partial charge in [-0.1, -0.05) is 32.0 Å². The summed E-state index contributed by atoms with van der Waals surface area (Å²) >= 11 is 0. The van der Waals surface area contributed by atoms with Crippen LogP contribution in [0.1, 0.15) is 43.5 Å². The number of nitrogens with two attached hydrogens (primary N) is 1. The topological polar surface area (TPSA) is 83.5 Å². The molecule has 4 N–H and O–H groups in total. The van der Waals surface area contributed by atoms with E-state index in [1.54, 1.807) is 30.3 Å². The number of fused-ring (bicyclic) bond motifs is 2. The van der Waals surface area contributed by atoms with Crippen molar-refractivity contribution in [2.45, 2.75) is 39.2 Å². The van der Waals surface area contributed by atoms with Crippen LogP contribution in [0.2, 0.25) is 0 Å². The van der Waals surface area contributed by atoms with Crippen molar-refractivity contribution in [3.05, 3.63) is 35.9 Å². The van der Waals surface area contributed by atoms with Crippen LogP contribution in [0.5, 0.6) is 0 Å². The molecule has 3 fully saturated rings. The van der Waals surface area contributed by atoms with Crippen LogP contribution in [0.4, 0.5) is 0 Å². The van der Waals surface area contributed by atoms with Gasteiger partial charge in [0.25, 0.3) is 0 Å². The van der Waals surface area contributed by atoms with Crippen molar-refractivity contribution in [2.75, 3.05) is 6.61 Å². The minimum Gasteiger partial charge on any atom is -0.478 e. The van der Waals surface area contributed by atoms with E-state index in [0.717, 1.165) is 12.3 Å². The first-order valence-electron chi connectivity index (χ1n) is 8.02. The van der Waals surface area contributed by atoms with E-state index < -0.39 is 5.97 Å². The van der Waals surface area contributed by atoms with Gasteiger partial charge in [-0.15, -0.1) is 0 Å². The maximum atomic E-state index is 10.2. The minimum absolute atomic E-state index is 0.304. The van der Waals surface area contributed by atoms with Gasteiger partial charge >= 0.3 is 5.97 Å². The second-order valence-corrected chi connectivity index (χ2v) is 7.12. The number of aliphatic hydroxyl groups is 1. The van der Waals surface area contributed by atoms with Gasteiger partial charge in [0.05, 0.1) is 5.56 Å². The molecular formula is C18H27NO3. The highest BCUT2D eigenvalue weighted by atomic mass is 16.4. The molecule has 4 heteroatoms. The predicted molar refractivity (Wildman–Crippen MR) is 86.6 cm³/mol. The molecule has 2 bridgehead atoms. The first kappa shape index (κ1) is 17.0. The number of carboxylic acids is 1. The maximum Gasteiger partial charge on any atom is 0.335 e. The number of carbonyl (C=O) groups is 1. The third kappa shape index (κ3) is 3.33. The standard InChI is InChI=1S/C11H21NO.C7H6O2/c1-11(2)8-5-7(3-4-13)10(12)9(11)6-8;8-7(9)6-4-2-1-3-5-6/h7-10,13H,3-6,12H2,1-2H3;1-5H,(H,8,9)/t7-,8+,9+,10+;/m1./s1. The first-order chi connectivity index (χ1) is 10.4. The van der Waals surface area contributed by atoms with E-state index >= 15 is 0 Å². The zero-order valence-electron chi connectivity index (χ0n) is 13.4. The summed E-state index contributed by atoms with van der Waals surface area (Å²) in [5.74, 6) is 1.29. The maximum absolute atomic E-state index is 10.2. The summed E-state index contributed by atoms with van der Waals surface area (Å²) in [5, 5.41) is 17.3. The highest BCUT2D eigenvalue weighted by Crippen LogP contribution is 2.60. The Kier molecular flexibility index (Phi) is 5.24. The molecule has 0 heterocycles. The van der Waals surface area contributed by atoms with E-state index in [2.05, 4.69) is 13.8 Å². The number of benzene rings is 1. The van der Waals surface area contributed by atoms with Crippen LogP contribution < -0.4 is 5.73 Å². The molecule has 3 saturated carbocycles. The van der Waals surface area contributed by atoms with E-state index in [9.17, 15) is 4.79 Å². The predicted octanol–water partition coefficient (Wildman–Crippen LogP) is 2.76. The van der Waals surface area contributed by atoms with Crippen molar-refractivity contribution < 1.29 is 15.0 Å².